The summed E-state index contributed by atoms with van der Waals surface area (Å²) in [7, 11) is -4.67. The van der Waals surface area contributed by atoms with Crippen LogP contribution in [-0.4, -0.2) is 17.5 Å². The van der Waals surface area contributed by atoms with Crippen LogP contribution in [0, 0.1) is 0 Å². The van der Waals surface area contributed by atoms with E-state index in [1.165, 1.54) is 0 Å². The molecule has 8 heteroatoms. The summed E-state index contributed by atoms with van der Waals surface area (Å²) in [6.07, 6.45) is 0. The molecular weight excluding hydrogens is 430 g/mol. The standard InChI is InChI=1S/ClH.H2O4S.Pt.Rh/c;1-5(2,3)4;;/h1H;(H2,1,2,3,4);;. The van der Waals surface area contributed by atoms with Crippen molar-refractivity contribution in [2.75, 3.05) is 0 Å². The van der Waals surface area contributed by atoms with E-state index in [9.17, 15) is 0 Å². The smallest absolute Gasteiger partial charge is 0.264 e. The minimum Gasteiger partial charge on any atom is -0.264 e. The molecule has 4 nitrogen and oxygen atoms in total. The zero-order chi connectivity index (χ0) is 4.50. The van der Waals surface area contributed by atoms with Crippen molar-refractivity contribution in [2.24, 2.45) is 0 Å². The zero-order valence-electron chi connectivity index (χ0n) is 3.18. The summed E-state index contributed by atoms with van der Waals surface area (Å²) in [6.45, 7) is 0. The molecule has 0 amide bonds. The first-order valence-corrected chi connectivity index (χ1v) is 2.10. The first-order chi connectivity index (χ1) is 2.00. The molecule has 0 aliphatic heterocycles. The maximum Gasteiger partial charge on any atom is 0.394 e. The zero-order valence-corrected chi connectivity index (χ0v) is 8.72. The van der Waals surface area contributed by atoms with Crippen LogP contribution in [0.25, 0.3) is 0 Å². The minimum absolute atomic E-state index is 0. The Morgan fingerprint density at radius 1 is 1.12 bits per heavy atom. The van der Waals surface area contributed by atoms with Crippen molar-refractivity contribution in [3.63, 3.8) is 0 Å². The van der Waals surface area contributed by atoms with Gasteiger partial charge in [0.05, 0.1) is 0 Å². The van der Waals surface area contributed by atoms with E-state index in [4.69, 9.17) is 17.5 Å². The maximum absolute atomic E-state index is 8.74. The predicted molar refractivity (Wildman–Crippen MR) is 21.4 cm³/mol. The number of hydrogen-bond donors (Lipinski definition) is 2. The minimum atomic E-state index is -4.67. The van der Waals surface area contributed by atoms with Crippen molar-refractivity contribution >= 4 is 22.8 Å². The molecule has 0 aliphatic carbocycles. The Morgan fingerprint density at radius 2 is 1.12 bits per heavy atom. The molecule has 0 heterocycles. The topological polar surface area (TPSA) is 74.6 Å². The van der Waals surface area contributed by atoms with Gasteiger partial charge in [-0.05, 0) is 0 Å². The summed E-state index contributed by atoms with van der Waals surface area (Å²) in [5, 5.41) is 0. The second kappa shape index (κ2) is 8.47. The molecule has 0 atom stereocenters. The molecule has 0 saturated carbocycles. The largest absolute Gasteiger partial charge is 0.394 e. The van der Waals surface area contributed by atoms with Gasteiger partial charge in [-0.2, -0.15) is 8.42 Å². The van der Waals surface area contributed by atoms with E-state index in [0.29, 0.717) is 0 Å². The van der Waals surface area contributed by atoms with E-state index >= 15 is 0 Å². The van der Waals surface area contributed by atoms with Crippen molar-refractivity contribution in [1.82, 2.24) is 0 Å². The molecule has 0 aliphatic rings. The Morgan fingerprint density at radius 3 is 1.12 bits per heavy atom. The molecule has 0 rings (SSSR count). The molecule has 1 radical (unpaired) electrons. The van der Waals surface area contributed by atoms with Gasteiger partial charge < -0.3 is 0 Å². The van der Waals surface area contributed by atoms with E-state index in [-0.39, 0.29) is 53.0 Å². The van der Waals surface area contributed by atoms with Crippen LogP contribution >= 0.6 is 12.4 Å². The second-order valence-electron chi connectivity index (χ2n) is 0.448. The van der Waals surface area contributed by atoms with Crippen molar-refractivity contribution in [2.45, 2.75) is 0 Å². The third-order valence-corrected chi connectivity index (χ3v) is 0. The van der Waals surface area contributed by atoms with Crippen molar-refractivity contribution in [1.29, 1.82) is 0 Å². The first-order valence-electron chi connectivity index (χ1n) is 0.698. The van der Waals surface area contributed by atoms with E-state index in [1.807, 2.05) is 0 Å². The Labute approximate surface area is 80.4 Å². The van der Waals surface area contributed by atoms with E-state index in [0.717, 1.165) is 0 Å². The van der Waals surface area contributed by atoms with Gasteiger partial charge in [0.1, 0.15) is 0 Å². The molecule has 2 N–H and O–H groups in total. The molecule has 0 bridgehead atoms. The van der Waals surface area contributed by atoms with Gasteiger partial charge in [-0.15, -0.1) is 12.4 Å². The van der Waals surface area contributed by atoms with Crippen LogP contribution in [0.3, 0.4) is 0 Å². The van der Waals surface area contributed by atoms with Gasteiger partial charge in [0.2, 0.25) is 0 Å². The third kappa shape index (κ3) is 144. The Kier molecular flexibility index (Phi) is 24.0. The molecule has 0 spiro atoms. The molecule has 0 aromatic heterocycles. The Bertz CT molecular complexity index is 99.2. The SMILES string of the molecule is Cl.O=S(=O)(O)O.[Pt].[Rh]. The summed E-state index contributed by atoms with van der Waals surface area (Å²) in [5.41, 5.74) is 0. The molecule has 59 valence electrons. The van der Waals surface area contributed by atoms with Gasteiger partial charge in [-0.3, -0.25) is 9.11 Å². The molecule has 0 unspecified atom stereocenters. The van der Waals surface area contributed by atoms with Gasteiger partial charge in [0, 0.05) is 40.5 Å². The monoisotopic (exact) mass is 432 g/mol. The van der Waals surface area contributed by atoms with Crippen molar-refractivity contribution in [3.8, 4) is 0 Å². The molecule has 8 heavy (non-hydrogen) atoms. The molecule has 0 fully saturated rings. The normalized spacial score (nSPS) is 7.25. The second-order valence-corrected chi connectivity index (χ2v) is 1.34. The van der Waals surface area contributed by atoms with E-state index in [2.05, 4.69) is 0 Å². The quantitative estimate of drug-likeness (QED) is 0.410. The van der Waals surface area contributed by atoms with E-state index < -0.39 is 10.4 Å². The fourth-order valence-corrected chi connectivity index (χ4v) is 0. The predicted octanol–water partition coefficient (Wildman–Crippen LogP) is -0.236. The maximum atomic E-state index is 8.74. The Hall–Kier alpha value is 1.47. The van der Waals surface area contributed by atoms with Gasteiger partial charge in [-0.1, -0.05) is 0 Å². The van der Waals surface area contributed by atoms with Gasteiger partial charge >= 0.3 is 10.4 Å². The molecule has 0 aromatic rings. The summed E-state index contributed by atoms with van der Waals surface area (Å²) in [5.74, 6) is 0. The number of hydrogen-bond acceptors (Lipinski definition) is 2. The Balaban J connectivity index is -0.0000000267. The van der Waals surface area contributed by atoms with Crippen LogP contribution in [0.1, 0.15) is 0 Å². The summed E-state index contributed by atoms with van der Waals surface area (Å²) < 4.78 is 31.6. The molecule has 0 aromatic carbocycles. The van der Waals surface area contributed by atoms with E-state index in [1.54, 1.807) is 0 Å². The fraction of sp³-hybridized carbons (Fsp3) is 0. The van der Waals surface area contributed by atoms with Gasteiger partial charge in [0.15, 0.2) is 0 Å². The number of halogens is 1. The average molecular weight is 433 g/mol. The van der Waals surface area contributed by atoms with Gasteiger partial charge in [0.25, 0.3) is 0 Å². The number of rotatable bonds is 0. The molecular formula is H3ClO4PtRhS. The van der Waals surface area contributed by atoms with Crippen LogP contribution in [-0.2, 0) is 50.9 Å². The average Bonchev–Trinajstić information content (AvgIpc) is 0.722. The summed E-state index contributed by atoms with van der Waals surface area (Å²) >= 11 is 0. The fourth-order valence-electron chi connectivity index (χ4n) is 0. The van der Waals surface area contributed by atoms with Crippen LogP contribution in [0.5, 0.6) is 0 Å². The van der Waals surface area contributed by atoms with Crippen LogP contribution in [0.15, 0.2) is 0 Å². The van der Waals surface area contributed by atoms with Crippen molar-refractivity contribution < 1.29 is 58.1 Å². The van der Waals surface area contributed by atoms with Gasteiger partial charge in [-0.25, -0.2) is 0 Å². The van der Waals surface area contributed by atoms with Crippen LogP contribution < -0.4 is 0 Å². The first kappa shape index (κ1) is 22.7. The molecule has 0 saturated heterocycles. The van der Waals surface area contributed by atoms with Crippen LogP contribution in [0.2, 0.25) is 0 Å². The summed E-state index contributed by atoms with van der Waals surface area (Å²) in [4.78, 5) is 0. The summed E-state index contributed by atoms with van der Waals surface area (Å²) in [6, 6.07) is 0. The van der Waals surface area contributed by atoms with Crippen molar-refractivity contribution in [3.05, 3.63) is 0 Å². The van der Waals surface area contributed by atoms with Crippen LogP contribution in [0.4, 0.5) is 0 Å². The third-order valence-electron chi connectivity index (χ3n) is 0.